The minimum atomic E-state index is -0.0281. The Morgan fingerprint density at radius 3 is 2.70 bits per heavy atom. The first-order valence-corrected chi connectivity index (χ1v) is 8.73. The summed E-state index contributed by atoms with van der Waals surface area (Å²) in [5.41, 5.74) is 4.86. The van der Waals surface area contributed by atoms with E-state index in [1.54, 1.807) is 9.20 Å². The summed E-state index contributed by atoms with van der Waals surface area (Å²) in [6.07, 6.45) is 1.94. The molecule has 4 heterocycles. The molecule has 0 saturated heterocycles. The monoisotopic (exact) mass is 359 g/mol. The number of benzene rings is 1. The van der Waals surface area contributed by atoms with Crippen molar-refractivity contribution in [3.8, 4) is 5.82 Å². The number of rotatable bonds is 2. The number of nitrogens with one attached hydrogen (secondary N) is 1. The molecule has 8 heteroatoms. The van der Waals surface area contributed by atoms with Crippen molar-refractivity contribution in [1.82, 2.24) is 29.6 Å². The fourth-order valence-corrected chi connectivity index (χ4v) is 3.63. The molecule has 0 saturated carbocycles. The van der Waals surface area contributed by atoms with Gasteiger partial charge in [0, 0.05) is 17.9 Å². The molecule has 27 heavy (non-hydrogen) atoms. The highest BCUT2D eigenvalue weighted by molar-refractivity contribution is 5.95. The molecule has 8 nitrogen and oxygen atoms in total. The third kappa shape index (κ3) is 2.49. The van der Waals surface area contributed by atoms with Gasteiger partial charge in [0.15, 0.2) is 11.5 Å². The van der Waals surface area contributed by atoms with Crippen molar-refractivity contribution >= 4 is 17.4 Å². The minimum absolute atomic E-state index is 0.0262. The van der Waals surface area contributed by atoms with Crippen LogP contribution in [0.25, 0.3) is 11.5 Å². The van der Waals surface area contributed by atoms with E-state index in [0.29, 0.717) is 23.7 Å². The summed E-state index contributed by atoms with van der Waals surface area (Å²) in [6.45, 7) is 4.02. The van der Waals surface area contributed by atoms with Crippen molar-refractivity contribution in [1.29, 1.82) is 0 Å². The minimum Gasteiger partial charge on any atom is -0.310 e. The number of hydrogen-bond donors (Lipinski definition) is 1. The van der Waals surface area contributed by atoms with E-state index in [0.717, 1.165) is 16.8 Å². The predicted octanol–water partition coefficient (Wildman–Crippen LogP) is 2.40. The van der Waals surface area contributed by atoms with Crippen LogP contribution in [-0.4, -0.2) is 35.5 Å². The van der Waals surface area contributed by atoms with Gasteiger partial charge in [0.25, 0.3) is 0 Å². The van der Waals surface area contributed by atoms with Crippen LogP contribution in [-0.2, 0) is 4.79 Å². The zero-order valence-corrected chi connectivity index (χ0v) is 14.9. The van der Waals surface area contributed by atoms with Crippen LogP contribution in [0.2, 0.25) is 0 Å². The van der Waals surface area contributed by atoms with E-state index >= 15 is 0 Å². The molecule has 3 aromatic heterocycles. The first kappa shape index (κ1) is 15.7. The third-order valence-corrected chi connectivity index (χ3v) is 4.95. The quantitative estimate of drug-likeness (QED) is 0.593. The molecule has 1 aromatic carbocycles. The molecule has 1 N–H and O–H groups in total. The van der Waals surface area contributed by atoms with Crippen LogP contribution in [0.3, 0.4) is 0 Å². The van der Waals surface area contributed by atoms with Gasteiger partial charge in [-0.1, -0.05) is 29.8 Å². The fraction of sp³-hybridized carbons (Fsp3) is 0.211. The van der Waals surface area contributed by atoms with Crippen LogP contribution in [0, 0.1) is 13.8 Å². The van der Waals surface area contributed by atoms with E-state index in [2.05, 4.69) is 56.9 Å². The number of hydrogen-bond acceptors (Lipinski definition) is 5. The highest BCUT2D eigenvalue weighted by atomic mass is 16.1. The van der Waals surface area contributed by atoms with Crippen LogP contribution in [0.4, 0.5) is 5.82 Å². The number of aryl methyl sites for hydroxylation is 2. The molecule has 1 aliphatic heterocycles. The number of anilines is 1. The molecule has 134 valence electrons. The second-order valence-corrected chi connectivity index (χ2v) is 6.80. The number of aromatic nitrogens is 6. The van der Waals surface area contributed by atoms with Gasteiger partial charge in [-0.3, -0.25) is 4.79 Å². The Morgan fingerprint density at radius 1 is 1.07 bits per heavy atom. The molecule has 0 bridgehead atoms. The molecule has 0 aliphatic carbocycles. The van der Waals surface area contributed by atoms with E-state index in [9.17, 15) is 4.79 Å². The first-order valence-electron chi connectivity index (χ1n) is 8.73. The largest absolute Gasteiger partial charge is 0.310 e. The smallest absolute Gasteiger partial charge is 0.226 e. The summed E-state index contributed by atoms with van der Waals surface area (Å²) in [6, 6.07) is 12.0. The number of nitrogens with zero attached hydrogens (tertiary/aromatic N) is 6. The molecular formula is C19H17N7O. The van der Waals surface area contributed by atoms with Crippen molar-refractivity contribution in [3.05, 3.63) is 65.1 Å². The maximum atomic E-state index is 12.4. The van der Waals surface area contributed by atoms with Gasteiger partial charge in [0.05, 0.1) is 5.69 Å². The number of carbonyl (C=O) groups excluding carboxylic acids is 1. The lowest BCUT2D eigenvalue weighted by Gasteiger charge is -2.24. The maximum Gasteiger partial charge on any atom is 0.226 e. The Morgan fingerprint density at radius 2 is 1.89 bits per heavy atom. The molecule has 4 aromatic rings. The number of fused-ring (bicyclic) bond motifs is 2. The van der Waals surface area contributed by atoms with Crippen LogP contribution in [0.15, 0.2) is 42.7 Å². The van der Waals surface area contributed by atoms with Crippen molar-refractivity contribution in [2.45, 2.75) is 26.2 Å². The highest BCUT2D eigenvalue weighted by Crippen LogP contribution is 2.39. The number of carbonyl (C=O) groups is 1. The average Bonchev–Trinajstić information content (AvgIpc) is 3.25. The van der Waals surface area contributed by atoms with Crippen LogP contribution < -0.4 is 5.32 Å². The van der Waals surface area contributed by atoms with Crippen molar-refractivity contribution in [2.24, 2.45) is 0 Å². The summed E-state index contributed by atoms with van der Waals surface area (Å²) >= 11 is 0. The van der Waals surface area contributed by atoms with Gasteiger partial charge in [0.2, 0.25) is 5.91 Å². The van der Waals surface area contributed by atoms with Crippen LogP contribution in [0.1, 0.15) is 34.7 Å². The van der Waals surface area contributed by atoms with Crippen LogP contribution >= 0.6 is 0 Å². The molecule has 0 fully saturated rings. The molecule has 0 radical (unpaired) electrons. The lowest BCUT2D eigenvalue weighted by molar-refractivity contribution is -0.116. The Labute approximate surface area is 154 Å². The van der Waals surface area contributed by atoms with Crippen molar-refractivity contribution in [3.63, 3.8) is 0 Å². The summed E-state index contributed by atoms with van der Waals surface area (Å²) in [4.78, 5) is 12.4. The normalized spacial score (nSPS) is 16.4. The van der Waals surface area contributed by atoms with Crippen molar-refractivity contribution < 1.29 is 4.79 Å². The van der Waals surface area contributed by atoms with E-state index in [4.69, 9.17) is 0 Å². The van der Waals surface area contributed by atoms with E-state index in [-0.39, 0.29) is 11.8 Å². The Kier molecular flexibility index (Phi) is 3.33. The predicted molar refractivity (Wildman–Crippen MR) is 98.9 cm³/mol. The van der Waals surface area contributed by atoms with E-state index < -0.39 is 0 Å². The average molecular weight is 359 g/mol. The Bertz CT molecular complexity index is 1170. The molecule has 1 atom stereocenters. The summed E-state index contributed by atoms with van der Waals surface area (Å²) in [5, 5.41) is 20.0. The van der Waals surface area contributed by atoms with Gasteiger partial charge < -0.3 is 5.32 Å². The summed E-state index contributed by atoms with van der Waals surface area (Å²) in [7, 11) is 0. The fourth-order valence-electron chi connectivity index (χ4n) is 3.63. The topological polar surface area (TPSA) is 90.0 Å². The SMILES string of the molecule is Cc1ccc([C@H]2CC(=O)Nc3c2c(C)nn3-c2ccc3nncn3n2)cc1. The highest BCUT2D eigenvalue weighted by Gasteiger charge is 2.32. The third-order valence-electron chi connectivity index (χ3n) is 4.95. The molecule has 1 aliphatic rings. The second kappa shape index (κ2) is 5.73. The standard InChI is InChI=1S/C19H17N7O/c1-11-3-5-13(6-4-11)14-9-17(27)21-19-18(14)12(2)23-26(19)16-8-7-15-22-20-10-25(15)24-16/h3-8,10,14H,9H2,1-2H3,(H,21,27)/t14-/m1/s1. The lowest BCUT2D eigenvalue weighted by atomic mass is 9.85. The molecule has 5 rings (SSSR count). The van der Waals surface area contributed by atoms with Crippen LogP contribution in [0.5, 0.6) is 0 Å². The number of amides is 1. The molecule has 0 spiro atoms. The zero-order valence-electron chi connectivity index (χ0n) is 14.9. The second-order valence-electron chi connectivity index (χ2n) is 6.80. The first-order chi connectivity index (χ1) is 13.1. The van der Waals surface area contributed by atoms with Gasteiger partial charge >= 0.3 is 0 Å². The van der Waals surface area contributed by atoms with Gasteiger partial charge in [-0.2, -0.15) is 14.3 Å². The Hall–Kier alpha value is -3.55. The van der Waals surface area contributed by atoms with Gasteiger partial charge in [0.1, 0.15) is 12.1 Å². The molecular weight excluding hydrogens is 342 g/mol. The zero-order chi connectivity index (χ0) is 18.5. The maximum absolute atomic E-state index is 12.4. The van der Waals surface area contributed by atoms with Gasteiger partial charge in [-0.15, -0.1) is 15.3 Å². The molecule has 1 amide bonds. The Balaban J connectivity index is 1.67. The summed E-state index contributed by atoms with van der Waals surface area (Å²) < 4.78 is 3.27. The van der Waals surface area contributed by atoms with Crippen molar-refractivity contribution in [2.75, 3.05) is 5.32 Å². The van der Waals surface area contributed by atoms with Gasteiger partial charge in [-0.25, -0.2) is 0 Å². The van der Waals surface area contributed by atoms with E-state index in [1.807, 2.05) is 19.1 Å². The van der Waals surface area contributed by atoms with Gasteiger partial charge in [-0.05, 0) is 31.5 Å². The molecule has 0 unspecified atom stereocenters. The lowest BCUT2D eigenvalue weighted by Crippen LogP contribution is -2.25. The summed E-state index contributed by atoms with van der Waals surface area (Å²) in [5.74, 6) is 1.21. The van der Waals surface area contributed by atoms with E-state index in [1.165, 1.54) is 11.9 Å².